The van der Waals surface area contributed by atoms with E-state index in [0.29, 0.717) is 36.8 Å². The van der Waals surface area contributed by atoms with E-state index in [1.165, 1.54) is 19.3 Å². The molecule has 6 aliphatic rings. The number of imide groups is 1. The van der Waals surface area contributed by atoms with Crippen molar-refractivity contribution in [1.82, 2.24) is 15.5 Å². The van der Waals surface area contributed by atoms with Crippen molar-refractivity contribution in [3.05, 3.63) is 29.3 Å². The fourth-order valence-corrected chi connectivity index (χ4v) is 8.23. The van der Waals surface area contributed by atoms with E-state index < -0.39 is 11.9 Å². The molecular formula is C30H39N3O5. The molecule has 0 aromatic heterocycles. The molecule has 2 N–H and O–H groups in total. The Morgan fingerprint density at radius 1 is 1.00 bits per heavy atom. The molecule has 5 fully saturated rings. The summed E-state index contributed by atoms with van der Waals surface area (Å²) in [6, 6.07) is 4.84. The Morgan fingerprint density at radius 3 is 2.42 bits per heavy atom. The maximum atomic E-state index is 13.1. The maximum absolute atomic E-state index is 13.1. The van der Waals surface area contributed by atoms with E-state index in [1.54, 1.807) is 11.0 Å². The first kappa shape index (κ1) is 25.4. The number of nitrogens with zero attached hydrogens (tertiary/aromatic N) is 1. The van der Waals surface area contributed by atoms with Crippen molar-refractivity contribution in [3.8, 4) is 5.75 Å². The standard InChI is InChI=1S/C30H39N3O5/c34-26-9-8-24(27(35)32-26)33-18-23-22(28(33)36)6-5-7-25(23)38-11-4-2-1-3-10-31-29(37)30-15-19-12-20(16-30)14-21(13-19)17-30/h5-7,19-21,24H,1-4,8-18H2,(H,31,37)(H,32,34,35). The Balaban J connectivity index is 0.912. The predicted molar refractivity (Wildman–Crippen MR) is 140 cm³/mol. The van der Waals surface area contributed by atoms with Crippen LogP contribution in [0.1, 0.15) is 93.0 Å². The van der Waals surface area contributed by atoms with Crippen molar-refractivity contribution in [3.63, 3.8) is 0 Å². The molecule has 8 heteroatoms. The molecule has 2 aliphatic heterocycles. The van der Waals surface area contributed by atoms with Gasteiger partial charge < -0.3 is 15.0 Å². The minimum absolute atomic E-state index is 0.0618. The molecule has 1 aromatic rings. The van der Waals surface area contributed by atoms with Crippen LogP contribution in [-0.2, 0) is 20.9 Å². The van der Waals surface area contributed by atoms with Crippen molar-refractivity contribution in [1.29, 1.82) is 0 Å². The lowest BCUT2D eigenvalue weighted by molar-refractivity contribution is -0.146. The quantitative estimate of drug-likeness (QED) is 0.361. The molecule has 4 aliphatic carbocycles. The van der Waals surface area contributed by atoms with Crippen LogP contribution in [-0.4, -0.2) is 47.7 Å². The lowest BCUT2D eigenvalue weighted by Crippen LogP contribution is -2.53. The van der Waals surface area contributed by atoms with Crippen LogP contribution in [0.4, 0.5) is 0 Å². The molecule has 38 heavy (non-hydrogen) atoms. The third kappa shape index (κ3) is 4.82. The summed E-state index contributed by atoms with van der Waals surface area (Å²) in [5.74, 6) is 2.50. The maximum Gasteiger partial charge on any atom is 0.255 e. The SMILES string of the molecule is O=C1CCC(N2Cc3c(OCCCCCCNC(=O)C45CC6CC(CC(C6)C4)C5)cccc3C2=O)C(=O)N1. The number of fused-ring (bicyclic) bond motifs is 1. The van der Waals surface area contributed by atoms with Gasteiger partial charge in [0.25, 0.3) is 5.91 Å². The van der Waals surface area contributed by atoms with Crippen LogP contribution in [0.3, 0.4) is 0 Å². The van der Waals surface area contributed by atoms with E-state index in [2.05, 4.69) is 10.6 Å². The first-order chi connectivity index (χ1) is 18.4. The van der Waals surface area contributed by atoms with Crippen LogP contribution < -0.4 is 15.4 Å². The first-order valence-electron chi connectivity index (χ1n) is 14.6. The van der Waals surface area contributed by atoms with Gasteiger partial charge in [-0.1, -0.05) is 18.9 Å². The van der Waals surface area contributed by atoms with E-state index in [0.717, 1.165) is 74.8 Å². The van der Waals surface area contributed by atoms with Gasteiger partial charge in [-0.05, 0) is 87.7 Å². The zero-order chi connectivity index (χ0) is 26.3. The average Bonchev–Trinajstić information content (AvgIpc) is 3.21. The zero-order valence-corrected chi connectivity index (χ0v) is 22.1. The number of hydrogen-bond donors (Lipinski definition) is 2. The molecule has 7 rings (SSSR count). The molecule has 1 saturated heterocycles. The van der Waals surface area contributed by atoms with Gasteiger partial charge in [-0.25, -0.2) is 0 Å². The molecule has 204 valence electrons. The van der Waals surface area contributed by atoms with Gasteiger partial charge in [-0.3, -0.25) is 24.5 Å². The zero-order valence-electron chi connectivity index (χ0n) is 22.1. The van der Waals surface area contributed by atoms with Crippen molar-refractivity contribution in [2.24, 2.45) is 23.2 Å². The largest absolute Gasteiger partial charge is 0.493 e. The third-order valence-corrected chi connectivity index (χ3v) is 9.67. The average molecular weight is 522 g/mol. The number of unbranched alkanes of at least 4 members (excludes halogenated alkanes) is 3. The van der Waals surface area contributed by atoms with E-state index in [9.17, 15) is 19.2 Å². The number of rotatable bonds is 10. The number of carbonyl (C=O) groups is 4. The Labute approximate surface area is 224 Å². The van der Waals surface area contributed by atoms with E-state index in [1.807, 2.05) is 12.1 Å². The molecule has 1 atom stereocenters. The van der Waals surface area contributed by atoms with Crippen LogP contribution in [0.15, 0.2) is 18.2 Å². The minimum Gasteiger partial charge on any atom is -0.493 e. The molecule has 4 saturated carbocycles. The van der Waals surface area contributed by atoms with Crippen LogP contribution in [0.2, 0.25) is 0 Å². The third-order valence-electron chi connectivity index (χ3n) is 9.67. The summed E-state index contributed by atoms with van der Waals surface area (Å²) in [6.07, 6.45) is 11.9. The second-order valence-corrected chi connectivity index (χ2v) is 12.4. The highest BCUT2D eigenvalue weighted by molar-refractivity contribution is 6.05. The minimum atomic E-state index is -0.621. The Bertz CT molecular complexity index is 1100. The Hall–Kier alpha value is -2.90. The summed E-state index contributed by atoms with van der Waals surface area (Å²) >= 11 is 0. The van der Waals surface area contributed by atoms with Gasteiger partial charge in [0, 0.05) is 29.5 Å². The second kappa shape index (κ2) is 10.3. The molecule has 1 unspecified atom stereocenters. The van der Waals surface area contributed by atoms with Gasteiger partial charge in [0.05, 0.1) is 13.2 Å². The highest BCUT2D eigenvalue weighted by Gasteiger charge is 2.54. The Kier molecular flexibility index (Phi) is 6.91. The molecule has 1 aromatic carbocycles. The molecule has 4 amide bonds. The smallest absolute Gasteiger partial charge is 0.255 e. The first-order valence-corrected chi connectivity index (χ1v) is 14.6. The van der Waals surface area contributed by atoms with Gasteiger partial charge >= 0.3 is 0 Å². The van der Waals surface area contributed by atoms with Gasteiger partial charge in [0.15, 0.2) is 0 Å². The summed E-state index contributed by atoms with van der Waals surface area (Å²) in [6.45, 7) is 1.63. The van der Waals surface area contributed by atoms with Crippen molar-refractivity contribution in [2.75, 3.05) is 13.2 Å². The van der Waals surface area contributed by atoms with Crippen LogP contribution in [0.5, 0.6) is 5.75 Å². The van der Waals surface area contributed by atoms with E-state index in [-0.39, 0.29) is 23.7 Å². The number of ether oxygens (including phenoxy) is 1. The molecule has 2 heterocycles. The van der Waals surface area contributed by atoms with Gasteiger partial charge in [0.2, 0.25) is 17.7 Å². The van der Waals surface area contributed by atoms with E-state index >= 15 is 0 Å². The highest BCUT2D eigenvalue weighted by Crippen LogP contribution is 2.60. The van der Waals surface area contributed by atoms with Crippen molar-refractivity contribution >= 4 is 23.6 Å². The van der Waals surface area contributed by atoms with Gasteiger partial charge in [0.1, 0.15) is 11.8 Å². The fourth-order valence-electron chi connectivity index (χ4n) is 8.23. The molecular weight excluding hydrogens is 482 g/mol. The fraction of sp³-hybridized carbons (Fsp3) is 0.667. The van der Waals surface area contributed by atoms with Crippen LogP contribution in [0, 0.1) is 23.2 Å². The predicted octanol–water partition coefficient (Wildman–Crippen LogP) is 3.72. The summed E-state index contributed by atoms with van der Waals surface area (Å²) in [5, 5.41) is 5.61. The topological polar surface area (TPSA) is 105 Å². The molecule has 0 radical (unpaired) electrons. The number of nitrogens with one attached hydrogen (secondary N) is 2. The van der Waals surface area contributed by atoms with Gasteiger partial charge in [-0.15, -0.1) is 0 Å². The van der Waals surface area contributed by atoms with Gasteiger partial charge in [-0.2, -0.15) is 0 Å². The second-order valence-electron chi connectivity index (χ2n) is 12.4. The molecule has 0 spiro atoms. The highest BCUT2D eigenvalue weighted by atomic mass is 16.5. The summed E-state index contributed by atoms with van der Waals surface area (Å²) < 4.78 is 6.06. The van der Waals surface area contributed by atoms with Crippen molar-refractivity contribution in [2.45, 2.75) is 89.6 Å². The summed E-state index contributed by atoms with van der Waals surface area (Å²) in [5.41, 5.74) is 1.32. The number of benzene rings is 1. The molecule has 4 bridgehead atoms. The lowest BCUT2D eigenvalue weighted by Gasteiger charge is -2.55. The van der Waals surface area contributed by atoms with E-state index in [4.69, 9.17) is 4.74 Å². The normalized spacial score (nSPS) is 31.4. The monoisotopic (exact) mass is 521 g/mol. The Morgan fingerprint density at radius 2 is 1.71 bits per heavy atom. The summed E-state index contributed by atoms with van der Waals surface area (Å²) in [4.78, 5) is 51.4. The van der Waals surface area contributed by atoms with Crippen molar-refractivity contribution < 1.29 is 23.9 Å². The number of amides is 4. The molecule has 8 nitrogen and oxygen atoms in total. The summed E-state index contributed by atoms with van der Waals surface area (Å²) in [7, 11) is 0. The van der Waals surface area contributed by atoms with Crippen LogP contribution in [0.25, 0.3) is 0 Å². The number of piperidine rings is 1. The van der Waals surface area contributed by atoms with Crippen LogP contribution >= 0.6 is 0 Å². The lowest BCUT2D eigenvalue weighted by atomic mass is 9.49. The number of carbonyl (C=O) groups excluding carboxylic acids is 4. The number of hydrogen-bond acceptors (Lipinski definition) is 5.